The number of halogens is 2. The minimum atomic E-state index is -1.14. The summed E-state index contributed by atoms with van der Waals surface area (Å²) in [5.74, 6) is 1.77. The molecule has 0 aromatic heterocycles. The van der Waals surface area contributed by atoms with Crippen LogP contribution in [0.4, 0.5) is 8.78 Å². The maximum absolute atomic E-state index is 15.8. The molecule has 4 aliphatic rings. The van der Waals surface area contributed by atoms with Gasteiger partial charge < -0.3 is 0 Å². The van der Waals surface area contributed by atoms with Gasteiger partial charge in [0, 0.05) is 32.7 Å². The molecule has 26 heavy (non-hydrogen) atoms. The van der Waals surface area contributed by atoms with Gasteiger partial charge in [-0.25, -0.2) is 8.78 Å². The lowest BCUT2D eigenvalue weighted by Gasteiger charge is -2.46. The molecular weight excluding hydrogens is 330 g/mol. The predicted molar refractivity (Wildman–Crippen MR) is 103 cm³/mol. The largest absolute Gasteiger partial charge is 0.300 e. The van der Waals surface area contributed by atoms with Crippen LogP contribution >= 0.6 is 0 Å². The summed E-state index contributed by atoms with van der Waals surface area (Å²) in [4.78, 5) is 4.69. The van der Waals surface area contributed by atoms with E-state index in [1.807, 2.05) is 13.8 Å². The summed E-state index contributed by atoms with van der Waals surface area (Å²) in [7, 11) is 0. The molecule has 4 fully saturated rings. The molecule has 0 aromatic rings. The average Bonchev–Trinajstić information content (AvgIpc) is 3.43. The van der Waals surface area contributed by atoms with Crippen LogP contribution in [0.1, 0.15) is 65.2 Å². The molecule has 0 bridgehead atoms. The number of piperidine rings is 2. The Morgan fingerprint density at radius 3 is 2.19 bits per heavy atom. The van der Waals surface area contributed by atoms with Gasteiger partial charge in [-0.15, -0.1) is 0 Å². The predicted octanol–water partition coefficient (Wildman–Crippen LogP) is 4.69. The Bertz CT molecular complexity index is 491. The Kier molecular flexibility index (Phi) is 5.37. The summed E-state index contributed by atoms with van der Waals surface area (Å²) in [6.45, 7) is 9.23. The number of hydrogen-bond acceptors (Lipinski definition) is 2. The maximum Gasteiger partial charge on any atom is 0.126 e. The van der Waals surface area contributed by atoms with E-state index in [1.165, 1.54) is 25.7 Å². The SMILES string of the molecule is CC(C)[C@]1(F)CC(C[C@@]2(F)CCCN(CC3CC3)C2)CN(CC2CC2)C1. The van der Waals surface area contributed by atoms with Crippen molar-refractivity contribution in [3.8, 4) is 0 Å². The number of nitrogens with zero attached hydrogens (tertiary/aromatic N) is 2. The third kappa shape index (κ3) is 4.79. The van der Waals surface area contributed by atoms with E-state index in [9.17, 15) is 0 Å². The molecular formula is C22H38F2N2. The Labute approximate surface area is 158 Å². The van der Waals surface area contributed by atoms with Gasteiger partial charge in [0.05, 0.1) is 0 Å². The molecule has 0 amide bonds. The van der Waals surface area contributed by atoms with Gasteiger partial charge in [0.25, 0.3) is 0 Å². The van der Waals surface area contributed by atoms with E-state index in [4.69, 9.17) is 0 Å². The van der Waals surface area contributed by atoms with Crippen LogP contribution in [0, 0.1) is 23.7 Å². The van der Waals surface area contributed by atoms with Crippen LogP contribution in [-0.4, -0.2) is 60.4 Å². The molecule has 0 radical (unpaired) electrons. The third-order valence-corrected chi connectivity index (χ3v) is 7.35. The van der Waals surface area contributed by atoms with Crippen molar-refractivity contribution in [3.63, 3.8) is 0 Å². The van der Waals surface area contributed by atoms with E-state index in [0.29, 0.717) is 32.4 Å². The van der Waals surface area contributed by atoms with Crippen LogP contribution < -0.4 is 0 Å². The zero-order valence-electron chi connectivity index (χ0n) is 16.9. The highest BCUT2D eigenvalue weighted by Gasteiger charge is 2.47. The zero-order valence-corrected chi connectivity index (χ0v) is 16.9. The van der Waals surface area contributed by atoms with E-state index >= 15 is 8.78 Å². The minimum absolute atomic E-state index is 0.0142. The van der Waals surface area contributed by atoms with Crippen LogP contribution in [0.2, 0.25) is 0 Å². The molecule has 1 unspecified atom stereocenters. The third-order valence-electron chi connectivity index (χ3n) is 7.35. The summed E-state index contributed by atoms with van der Waals surface area (Å²) in [5, 5.41) is 0. The number of rotatable bonds is 7. The molecule has 2 saturated carbocycles. The lowest BCUT2D eigenvalue weighted by atomic mass is 9.74. The Hall–Kier alpha value is -0.220. The first-order chi connectivity index (χ1) is 12.3. The van der Waals surface area contributed by atoms with Crippen LogP contribution in [0.5, 0.6) is 0 Å². The van der Waals surface area contributed by atoms with Gasteiger partial charge in [0.15, 0.2) is 0 Å². The highest BCUT2D eigenvalue weighted by molar-refractivity contribution is 4.99. The first-order valence-electron chi connectivity index (χ1n) is 11.2. The second-order valence-electron chi connectivity index (χ2n) is 10.5. The lowest BCUT2D eigenvalue weighted by Crippen LogP contribution is -2.54. The Balaban J connectivity index is 1.39. The van der Waals surface area contributed by atoms with Gasteiger partial charge in [-0.05, 0) is 81.6 Å². The molecule has 4 heteroatoms. The van der Waals surface area contributed by atoms with Crippen molar-refractivity contribution in [1.82, 2.24) is 9.80 Å². The van der Waals surface area contributed by atoms with Crippen LogP contribution in [0.3, 0.4) is 0 Å². The zero-order chi connectivity index (χ0) is 18.4. The summed E-state index contributed by atoms with van der Waals surface area (Å²) < 4.78 is 31.4. The van der Waals surface area contributed by atoms with Crippen molar-refractivity contribution in [3.05, 3.63) is 0 Å². The molecule has 2 nitrogen and oxygen atoms in total. The van der Waals surface area contributed by atoms with E-state index in [2.05, 4.69) is 9.80 Å². The van der Waals surface area contributed by atoms with E-state index in [-0.39, 0.29) is 11.8 Å². The summed E-state index contributed by atoms with van der Waals surface area (Å²) in [6, 6.07) is 0. The van der Waals surface area contributed by atoms with Gasteiger partial charge in [0.2, 0.25) is 0 Å². The lowest BCUT2D eigenvalue weighted by molar-refractivity contribution is -0.0471. The number of hydrogen-bond donors (Lipinski definition) is 0. The van der Waals surface area contributed by atoms with Gasteiger partial charge >= 0.3 is 0 Å². The van der Waals surface area contributed by atoms with Crippen molar-refractivity contribution in [2.45, 2.75) is 76.6 Å². The van der Waals surface area contributed by atoms with Crippen LogP contribution in [-0.2, 0) is 0 Å². The van der Waals surface area contributed by atoms with Gasteiger partial charge in [-0.2, -0.15) is 0 Å². The van der Waals surface area contributed by atoms with E-state index < -0.39 is 11.3 Å². The standard InChI is InChI=1S/C22H38F2N2/c1-17(2)22(24)11-20(14-26(16-22)13-19-6-7-19)10-21(23)8-3-9-25(15-21)12-18-4-5-18/h17-20H,3-16H2,1-2H3/t20?,21-,22-/m0/s1. The van der Waals surface area contributed by atoms with Crippen molar-refractivity contribution >= 4 is 0 Å². The molecule has 2 saturated heterocycles. The van der Waals surface area contributed by atoms with Gasteiger partial charge in [-0.1, -0.05) is 13.8 Å². The molecule has 2 aliphatic carbocycles. The fourth-order valence-electron chi connectivity index (χ4n) is 5.45. The highest BCUT2D eigenvalue weighted by Crippen LogP contribution is 2.43. The van der Waals surface area contributed by atoms with Gasteiger partial charge in [0.1, 0.15) is 11.3 Å². The summed E-state index contributed by atoms with van der Waals surface area (Å²) in [5.41, 5.74) is -2.24. The number of alkyl halides is 2. The molecule has 4 rings (SSSR count). The summed E-state index contributed by atoms with van der Waals surface area (Å²) >= 11 is 0. The van der Waals surface area contributed by atoms with Crippen molar-refractivity contribution in [2.24, 2.45) is 23.7 Å². The molecule has 3 atom stereocenters. The second kappa shape index (κ2) is 7.31. The fraction of sp³-hybridized carbons (Fsp3) is 1.00. The normalized spacial score (nSPS) is 40.3. The first-order valence-corrected chi connectivity index (χ1v) is 11.2. The quantitative estimate of drug-likeness (QED) is 0.643. The second-order valence-corrected chi connectivity index (χ2v) is 10.5. The average molecular weight is 369 g/mol. The van der Waals surface area contributed by atoms with Crippen molar-refractivity contribution in [2.75, 3.05) is 39.3 Å². The van der Waals surface area contributed by atoms with Gasteiger partial charge in [-0.3, -0.25) is 9.80 Å². The van der Waals surface area contributed by atoms with E-state index in [0.717, 1.165) is 44.4 Å². The molecule has 0 aromatic carbocycles. The number of likely N-dealkylation sites (tertiary alicyclic amines) is 2. The maximum atomic E-state index is 15.8. The highest BCUT2D eigenvalue weighted by atomic mass is 19.1. The Morgan fingerprint density at radius 2 is 1.58 bits per heavy atom. The van der Waals surface area contributed by atoms with Crippen molar-refractivity contribution in [1.29, 1.82) is 0 Å². The topological polar surface area (TPSA) is 6.48 Å². The van der Waals surface area contributed by atoms with Crippen LogP contribution in [0.25, 0.3) is 0 Å². The first kappa shape index (κ1) is 19.1. The monoisotopic (exact) mass is 368 g/mol. The van der Waals surface area contributed by atoms with Crippen molar-refractivity contribution < 1.29 is 8.78 Å². The Morgan fingerprint density at radius 1 is 0.923 bits per heavy atom. The van der Waals surface area contributed by atoms with E-state index in [1.54, 1.807) is 0 Å². The minimum Gasteiger partial charge on any atom is -0.300 e. The molecule has 0 N–H and O–H groups in total. The summed E-state index contributed by atoms with van der Waals surface area (Å²) in [6.07, 6.45) is 8.01. The molecule has 0 spiro atoms. The molecule has 2 aliphatic heterocycles. The molecule has 150 valence electrons. The van der Waals surface area contributed by atoms with Crippen LogP contribution in [0.15, 0.2) is 0 Å². The fourth-order valence-corrected chi connectivity index (χ4v) is 5.45. The smallest absolute Gasteiger partial charge is 0.126 e. The molecule has 2 heterocycles.